The van der Waals surface area contributed by atoms with E-state index < -0.39 is 0 Å². The molecule has 0 saturated carbocycles. The summed E-state index contributed by atoms with van der Waals surface area (Å²) in [6, 6.07) is 14.7. The standard InChI is InChI=1S/C107H172N2O2S4/c1-11-16-21-26-31-36-40-47-54-61-69-85(68-60-53-46-35-30-25-20-15-5)83-108-93-80-92-94-79-91(93)100(104(108)110)95(112)74-67-78-107(9,10)77-66-59-52-45-44-49-56-63-71-86(70-62-55-48-41-37-32-27-22-17-12-2)84-109(94)105(111)101(92)97-76-75-96(113-97)98-81-89-87(72-64-57-50-42-38-33-28-23-18-13-3)103-90(82-99(115-103)106(6,7)8)88(102(89)114-98)73-65-58-51-43-39-34-29-24-19-14-4/h67,74-76,78-82,85-86,112H,11-66,68-73,77,83-84H2,1-10H3/b78-67+,95-74-. The maximum absolute atomic E-state index is 16.6. The lowest BCUT2D eigenvalue weighted by Crippen LogP contribution is -2.35. The van der Waals surface area contributed by atoms with Gasteiger partial charge in [-0.2, -0.15) is 0 Å². The molecule has 0 N–H and O–H groups in total. The van der Waals surface area contributed by atoms with Crippen LogP contribution in [0.5, 0.6) is 0 Å². The smallest absolute Gasteiger partial charge is 0.260 e. The van der Waals surface area contributed by atoms with Gasteiger partial charge in [-0.15, -0.1) is 46.6 Å². The van der Waals surface area contributed by atoms with E-state index in [4.69, 9.17) is 12.6 Å². The highest BCUT2D eigenvalue weighted by Crippen LogP contribution is 2.49. The van der Waals surface area contributed by atoms with Crippen molar-refractivity contribution in [3.05, 3.63) is 90.8 Å². The molecule has 5 aromatic rings. The molecular formula is C107H172N2O2S4. The fourth-order valence-corrected chi connectivity index (χ4v) is 23.3. The summed E-state index contributed by atoms with van der Waals surface area (Å²) >= 11 is 11.4. The molecule has 6 heterocycles. The van der Waals surface area contributed by atoms with Crippen LogP contribution in [0, 0.1) is 17.3 Å². The number of amides is 2. The van der Waals surface area contributed by atoms with Crippen molar-refractivity contribution in [1.82, 2.24) is 0 Å². The van der Waals surface area contributed by atoms with Crippen LogP contribution < -0.4 is 20.2 Å². The van der Waals surface area contributed by atoms with Gasteiger partial charge in [0.1, 0.15) is 0 Å². The molecule has 2 unspecified atom stereocenters. The molecule has 2 atom stereocenters. The van der Waals surface area contributed by atoms with Gasteiger partial charge in [-0.25, -0.2) is 0 Å². The minimum absolute atomic E-state index is 0.0295. The number of hydrogen-bond donors (Lipinski definition) is 1. The van der Waals surface area contributed by atoms with Gasteiger partial charge in [0, 0.05) is 57.3 Å². The Morgan fingerprint density at radius 2 is 0.843 bits per heavy atom. The minimum atomic E-state index is 0.0295. The topological polar surface area (TPSA) is 40.6 Å². The Morgan fingerprint density at radius 1 is 0.435 bits per heavy atom. The Balaban J connectivity index is 1.23. The summed E-state index contributed by atoms with van der Waals surface area (Å²) in [5, 5.41) is 5.01. The van der Waals surface area contributed by atoms with Crippen molar-refractivity contribution in [1.29, 1.82) is 0 Å². The van der Waals surface area contributed by atoms with Gasteiger partial charge in [-0.3, -0.25) is 9.59 Å². The van der Waals surface area contributed by atoms with Gasteiger partial charge in [-0.05, 0) is 145 Å². The Morgan fingerprint density at radius 3 is 1.33 bits per heavy atom. The SMILES string of the molecule is CCCCCCCCCCCCc1c2cc(C(C)(C)C)sc2c(CCCCCCCCCCCC)c2cc(-c3ccc(C4=c5cc6c7cc5N(CC(CCCCCCCCCCCC)CCCCCCCCCCC(C)(C)/C=C/C=C(\S)C=7C(=O)N6CC(CCCCCCCCCC)CCCCCCCCCCCC)C4=O)s3)sc12. The molecule has 115 heavy (non-hydrogen) atoms. The predicted molar refractivity (Wildman–Crippen MR) is 520 cm³/mol. The van der Waals surface area contributed by atoms with Crippen molar-refractivity contribution in [3.63, 3.8) is 0 Å². The van der Waals surface area contributed by atoms with Gasteiger partial charge >= 0.3 is 0 Å². The number of unbranched alkanes of at least 4 members (excludes halogenated alkanes) is 43. The van der Waals surface area contributed by atoms with Crippen molar-refractivity contribution in [3.8, 4) is 9.75 Å². The van der Waals surface area contributed by atoms with Gasteiger partial charge in [0.2, 0.25) is 0 Å². The molecule has 2 bridgehead atoms. The Labute approximate surface area is 725 Å². The molecule has 8 rings (SSSR count). The van der Waals surface area contributed by atoms with E-state index in [1.807, 2.05) is 11.3 Å². The summed E-state index contributed by atoms with van der Waals surface area (Å²) in [6.45, 7) is 25.1. The lowest BCUT2D eigenvalue weighted by molar-refractivity contribution is -0.114. The van der Waals surface area contributed by atoms with E-state index in [0.717, 1.165) is 82.1 Å². The Hall–Kier alpha value is -3.43. The highest BCUT2D eigenvalue weighted by atomic mass is 32.1. The average molecular weight is 1650 g/mol. The number of carbonyl (C=O) groups excluding carboxylic acids is 2. The summed E-state index contributed by atoms with van der Waals surface area (Å²) in [5.41, 5.74) is 6.81. The van der Waals surface area contributed by atoms with Crippen LogP contribution in [-0.2, 0) is 27.8 Å². The average Bonchev–Trinajstić information content (AvgIpc) is 1.57. The van der Waals surface area contributed by atoms with Gasteiger partial charge in [0.05, 0.1) is 22.5 Å². The molecule has 8 heteroatoms. The van der Waals surface area contributed by atoms with Crippen molar-refractivity contribution < 1.29 is 9.59 Å². The van der Waals surface area contributed by atoms with E-state index >= 15 is 9.59 Å². The van der Waals surface area contributed by atoms with E-state index in [-0.39, 0.29) is 22.6 Å². The molecule has 0 radical (unpaired) electrons. The predicted octanol–water partition coefficient (Wildman–Crippen LogP) is 34.8. The van der Waals surface area contributed by atoms with Gasteiger partial charge < -0.3 is 9.80 Å². The third-order valence-corrected chi connectivity index (χ3v) is 31.2. The third-order valence-electron chi connectivity index (χ3n) is 26.7. The lowest BCUT2D eigenvalue weighted by atomic mass is 9.86. The van der Waals surface area contributed by atoms with Crippen molar-refractivity contribution in [2.75, 3.05) is 22.9 Å². The van der Waals surface area contributed by atoms with E-state index in [9.17, 15) is 0 Å². The second kappa shape index (κ2) is 55.6. The largest absolute Gasteiger partial charge is 0.307 e. The van der Waals surface area contributed by atoms with E-state index in [0.29, 0.717) is 30.5 Å². The number of hydrogen-bond acceptors (Lipinski definition) is 6. The first-order valence-corrected chi connectivity index (χ1v) is 52.8. The molecule has 3 aliphatic rings. The summed E-state index contributed by atoms with van der Waals surface area (Å²) < 4.78 is 3.07. The number of rotatable bonds is 57. The molecule has 0 spiro atoms. The summed E-state index contributed by atoms with van der Waals surface area (Å²) in [4.78, 5) is 43.1. The first-order valence-electron chi connectivity index (χ1n) is 49.9. The second-order valence-corrected chi connectivity index (χ2v) is 42.3. The van der Waals surface area contributed by atoms with E-state index in [2.05, 4.69) is 156 Å². The summed E-state index contributed by atoms with van der Waals surface area (Å²) in [6.07, 6.45) is 88.9. The molecule has 4 nitrogen and oxygen atoms in total. The fourth-order valence-electron chi connectivity index (χ4n) is 19.3. The number of carbonyl (C=O) groups is 2. The number of benzene rings is 2. The van der Waals surface area contributed by atoms with Gasteiger partial charge in [0.15, 0.2) is 0 Å². The summed E-state index contributed by atoms with van der Waals surface area (Å²) in [5.74, 6) is 1.02. The van der Waals surface area contributed by atoms with Crippen LogP contribution in [0.15, 0.2) is 59.5 Å². The van der Waals surface area contributed by atoms with Crippen LogP contribution in [0.25, 0.3) is 41.1 Å². The first kappa shape index (κ1) is 97.0. The van der Waals surface area contributed by atoms with Gasteiger partial charge in [0.25, 0.3) is 11.8 Å². The zero-order valence-electron chi connectivity index (χ0n) is 76.2. The highest BCUT2D eigenvalue weighted by Gasteiger charge is 2.38. The van der Waals surface area contributed by atoms with Crippen molar-refractivity contribution in [2.45, 2.75) is 479 Å². The van der Waals surface area contributed by atoms with Gasteiger partial charge in [-0.1, -0.05) is 428 Å². The molecule has 3 aromatic heterocycles. The number of nitrogens with zero attached hydrogens (tertiary/aromatic N) is 2. The molecule has 0 saturated heterocycles. The maximum Gasteiger partial charge on any atom is 0.260 e. The van der Waals surface area contributed by atoms with Crippen LogP contribution >= 0.6 is 46.6 Å². The van der Waals surface area contributed by atoms with Crippen LogP contribution in [0.2, 0.25) is 0 Å². The number of anilines is 2. The number of aryl methyl sites for hydroxylation is 2. The zero-order chi connectivity index (χ0) is 81.7. The molecule has 2 aromatic carbocycles. The molecular weight excluding hydrogens is 1470 g/mol. The molecule has 0 fully saturated rings. The maximum atomic E-state index is 16.6. The molecule has 3 aliphatic heterocycles. The molecule has 2 amide bonds. The van der Waals surface area contributed by atoms with Crippen LogP contribution in [-0.4, -0.2) is 24.9 Å². The Kier molecular flexibility index (Phi) is 46.9. The fraction of sp³-hybridized carbons (Fsp3) is 0.738. The highest BCUT2D eigenvalue weighted by molar-refractivity contribution is 7.85. The van der Waals surface area contributed by atoms with Crippen LogP contribution in [0.1, 0.15) is 482 Å². The number of thiol groups is 1. The Bertz CT molecular complexity index is 3650. The van der Waals surface area contributed by atoms with Crippen LogP contribution in [0.3, 0.4) is 0 Å². The zero-order valence-corrected chi connectivity index (χ0v) is 79.5. The number of fused-ring (bicyclic) bond motifs is 2. The summed E-state index contributed by atoms with van der Waals surface area (Å²) in [7, 11) is 0. The lowest BCUT2D eigenvalue weighted by Gasteiger charge is -2.27. The van der Waals surface area contributed by atoms with Crippen molar-refractivity contribution >= 4 is 101 Å². The normalized spacial score (nSPS) is 17.1. The molecule has 646 valence electrons. The number of allylic oxidation sites excluding steroid dienone is 3. The third kappa shape index (κ3) is 33.1. The number of thiophene rings is 3. The quantitative estimate of drug-likeness (QED) is 0.0311. The second-order valence-electron chi connectivity index (χ2n) is 38.6. The monoisotopic (exact) mass is 1650 g/mol. The minimum Gasteiger partial charge on any atom is -0.307 e. The van der Waals surface area contributed by atoms with Crippen LogP contribution in [0.4, 0.5) is 11.4 Å². The first-order chi connectivity index (χ1) is 56.1. The van der Waals surface area contributed by atoms with E-state index in [1.165, 1.54) is 390 Å². The molecule has 0 aliphatic carbocycles. The van der Waals surface area contributed by atoms with Crippen molar-refractivity contribution in [2.24, 2.45) is 17.3 Å². The van der Waals surface area contributed by atoms with E-state index in [1.54, 1.807) is 15.8 Å².